The van der Waals surface area contributed by atoms with Crippen molar-refractivity contribution in [1.29, 1.82) is 0 Å². The average Bonchev–Trinajstić information content (AvgIpc) is 2.77. The molecule has 0 atom stereocenters. The maximum absolute atomic E-state index is 12.3. The minimum absolute atomic E-state index is 0.102. The fourth-order valence-corrected chi connectivity index (χ4v) is 3.76. The van der Waals surface area contributed by atoms with Crippen LogP contribution in [0.2, 0.25) is 0 Å². The van der Waals surface area contributed by atoms with E-state index in [1.165, 1.54) is 19.2 Å². The molecule has 4 N–H and O–H groups in total. The van der Waals surface area contributed by atoms with E-state index in [-0.39, 0.29) is 21.2 Å². The Hall–Kier alpha value is -2.14. The molecule has 0 amide bonds. The lowest BCUT2D eigenvalue weighted by atomic mass is 10.2. The number of nitrogens with two attached hydrogens (primary N) is 1. The molecule has 2 aromatic rings. The molecule has 0 bridgehead atoms. The lowest BCUT2D eigenvalue weighted by molar-refractivity contribution is 0.318. The van der Waals surface area contributed by atoms with Crippen LogP contribution < -0.4 is 10.5 Å². The van der Waals surface area contributed by atoms with Crippen molar-refractivity contribution in [2.24, 2.45) is 17.9 Å². The molecule has 0 aliphatic heterocycles. The Kier molecular flexibility index (Phi) is 4.14. The quantitative estimate of drug-likeness (QED) is 0.308. The Morgan fingerprint density at radius 1 is 1.52 bits per heavy atom. The second kappa shape index (κ2) is 5.69. The van der Waals surface area contributed by atoms with Gasteiger partial charge in [0.05, 0.1) is 0 Å². The van der Waals surface area contributed by atoms with E-state index in [4.69, 9.17) is 10.9 Å². The summed E-state index contributed by atoms with van der Waals surface area (Å²) in [7, 11) is -2.43. The van der Waals surface area contributed by atoms with Crippen LogP contribution in [0.25, 0.3) is 0 Å². The monoisotopic (exact) mass is 374 g/mol. The summed E-state index contributed by atoms with van der Waals surface area (Å²) in [5, 5.41) is 18.6. The van der Waals surface area contributed by atoms with Crippen LogP contribution in [0.1, 0.15) is 5.56 Å². The van der Waals surface area contributed by atoms with Crippen molar-refractivity contribution < 1.29 is 13.6 Å². The minimum Gasteiger partial charge on any atom is -0.409 e. The highest BCUT2D eigenvalue weighted by molar-refractivity contribution is 9.10. The van der Waals surface area contributed by atoms with E-state index in [1.54, 1.807) is 12.1 Å². The number of aryl methyl sites for hydroxylation is 1. The molecule has 1 aromatic carbocycles. The molecule has 21 heavy (non-hydrogen) atoms. The molecule has 0 radical (unpaired) electrons. The van der Waals surface area contributed by atoms with Gasteiger partial charge in [-0.2, -0.15) is 8.42 Å². The third-order valence-corrected chi connectivity index (χ3v) is 4.78. The zero-order chi connectivity index (χ0) is 15.6. The average molecular weight is 375 g/mol. The first-order chi connectivity index (χ1) is 9.85. The molecule has 0 aliphatic rings. The Morgan fingerprint density at radius 2 is 2.24 bits per heavy atom. The Morgan fingerprint density at radius 3 is 2.81 bits per heavy atom. The second-order valence-corrected chi connectivity index (χ2v) is 6.33. The topological polar surface area (TPSA) is 135 Å². The molecule has 0 saturated heterocycles. The number of amidine groups is 1. The van der Waals surface area contributed by atoms with Crippen LogP contribution in [-0.4, -0.2) is 34.5 Å². The Balaban J connectivity index is 2.38. The van der Waals surface area contributed by atoms with E-state index in [1.807, 2.05) is 0 Å². The highest BCUT2D eigenvalue weighted by Gasteiger charge is 2.24. The maximum Gasteiger partial charge on any atom is 0.281 e. The smallest absolute Gasteiger partial charge is 0.281 e. The summed E-state index contributed by atoms with van der Waals surface area (Å²) in [5.41, 5.74) is 6.09. The summed E-state index contributed by atoms with van der Waals surface area (Å²) >= 11 is 3.03. The largest absolute Gasteiger partial charge is 0.409 e. The van der Waals surface area contributed by atoms with Crippen molar-refractivity contribution in [3.8, 4) is 0 Å². The third-order valence-electron chi connectivity index (χ3n) is 2.51. The molecule has 1 heterocycles. The van der Waals surface area contributed by atoms with E-state index in [9.17, 15) is 8.42 Å². The molecule has 112 valence electrons. The predicted octanol–water partition coefficient (Wildman–Crippen LogP) is 0.473. The van der Waals surface area contributed by atoms with E-state index in [2.05, 4.69) is 36.1 Å². The summed E-state index contributed by atoms with van der Waals surface area (Å²) < 4.78 is 28.2. The van der Waals surface area contributed by atoms with E-state index in [0.717, 1.165) is 4.68 Å². The lowest BCUT2D eigenvalue weighted by Crippen LogP contribution is -2.18. The number of nitrogens with one attached hydrogen (secondary N) is 1. The summed E-state index contributed by atoms with van der Waals surface area (Å²) in [6.45, 7) is 0. The van der Waals surface area contributed by atoms with Crippen LogP contribution >= 0.6 is 15.9 Å². The van der Waals surface area contributed by atoms with Crippen molar-refractivity contribution in [2.45, 2.75) is 5.03 Å². The van der Waals surface area contributed by atoms with Gasteiger partial charge in [-0.3, -0.25) is 4.72 Å². The van der Waals surface area contributed by atoms with Gasteiger partial charge in [0.25, 0.3) is 10.0 Å². The molecule has 0 saturated carbocycles. The first-order valence-electron chi connectivity index (χ1n) is 5.51. The number of nitrogens with zero attached hydrogens (tertiary/aromatic N) is 4. The normalized spacial score (nSPS) is 12.4. The number of halogens is 1. The van der Waals surface area contributed by atoms with Crippen LogP contribution in [0.15, 0.2) is 39.1 Å². The van der Waals surface area contributed by atoms with Crippen LogP contribution in [0.4, 0.5) is 5.69 Å². The van der Waals surface area contributed by atoms with Crippen molar-refractivity contribution in [3.63, 3.8) is 0 Å². The number of oxime groups is 1. The van der Waals surface area contributed by atoms with Gasteiger partial charge in [0.2, 0.25) is 5.03 Å². The third kappa shape index (κ3) is 3.13. The molecule has 11 heteroatoms. The number of aromatic nitrogens is 3. The second-order valence-electron chi connectivity index (χ2n) is 3.98. The molecule has 9 nitrogen and oxygen atoms in total. The van der Waals surface area contributed by atoms with E-state index in [0.29, 0.717) is 5.56 Å². The number of hydrogen-bond acceptors (Lipinski definition) is 6. The lowest BCUT2D eigenvalue weighted by Gasteiger charge is -2.09. The summed E-state index contributed by atoms with van der Waals surface area (Å²) in [4.78, 5) is 0. The fraction of sp³-hybridized carbons (Fsp3) is 0.100. The maximum atomic E-state index is 12.3. The first kappa shape index (κ1) is 15.3. The molecule has 0 aliphatic carbocycles. The van der Waals surface area contributed by atoms with Gasteiger partial charge in [0.1, 0.15) is 0 Å². The number of anilines is 1. The number of benzene rings is 1. The van der Waals surface area contributed by atoms with Crippen LogP contribution in [-0.2, 0) is 17.1 Å². The molecule has 0 fully saturated rings. The van der Waals surface area contributed by atoms with E-state index < -0.39 is 10.0 Å². The van der Waals surface area contributed by atoms with Crippen molar-refractivity contribution in [1.82, 2.24) is 15.0 Å². The van der Waals surface area contributed by atoms with Gasteiger partial charge in [0, 0.05) is 18.3 Å². The first-order valence-corrected chi connectivity index (χ1v) is 7.78. The van der Waals surface area contributed by atoms with Crippen LogP contribution in [0.3, 0.4) is 0 Å². The molecular weight excluding hydrogens is 364 g/mol. The standard InChI is InChI=1S/C10H11BrN6O3S/c1-17-10(8(11)13-16-17)21(19,20)15-7-4-2-3-6(5-7)9(12)14-18/h2-5,15,18H,1H3,(H2,12,14). The highest BCUT2D eigenvalue weighted by atomic mass is 79.9. The van der Waals surface area contributed by atoms with Crippen LogP contribution in [0, 0.1) is 0 Å². The Bertz CT molecular complexity index is 781. The number of hydrogen-bond donors (Lipinski definition) is 3. The molecule has 2 rings (SSSR count). The van der Waals surface area contributed by atoms with Gasteiger partial charge < -0.3 is 10.9 Å². The summed E-state index contributed by atoms with van der Waals surface area (Å²) in [6.07, 6.45) is 0. The van der Waals surface area contributed by atoms with Crippen molar-refractivity contribution in [2.75, 3.05) is 4.72 Å². The van der Waals surface area contributed by atoms with Gasteiger partial charge in [-0.05, 0) is 28.1 Å². The van der Waals surface area contributed by atoms with Crippen molar-refractivity contribution >= 4 is 37.5 Å². The van der Waals surface area contributed by atoms with Gasteiger partial charge in [0.15, 0.2) is 10.4 Å². The predicted molar refractivity (Wildman–Crippen MR) is 78.5 cm³/mol. The van der Waals surface area contributed by atoms with Gasteiger partial charge in [-0.25, -0.2) is 4.68 Å². The zero-order valence-electron chi connectivity index (χ0n) is 10.7. The van der Waals surface area contributed by atoms with Crippen LogP contribution in [0.5, 0.6) is 0 Å². The summed E-state index contributed by atoms with van der Waals surface area (Å²) in [5.74, 6) is -0.126. The summed E-state index contributed by atoms with van der Waals surface area (Å²) in [6, 6.07) is 6.11. The molecule has 0 spiro atoms. The SMILES string of the molecule is Cn1nnc(Br)c1S(=O)(=O)Nc1cccc(/C(N)=N/O)c1. The molecule has 1 aromatic heterocycles. The fourth-order valence-electron chi connectivity index (χ4n) is 1.61. The van der Waals surface area contributed by atoms with E-state index >= 15 is 0 Å². The number of sulfonamides is 1. The minimum atomic E-state index is -3.88. The zero-order valence-corrected chi connectivity index (χ0v) is 13.1. The van der Waals surface area contributed by atoms with Crippen molar-refractivity contribution in [3.05, 3.63) is 34.4 Å². The van der Waals surface area contributed by atoms with Gasteiger partial charge >= 0.3 is 0 Å². The van der Waals surface area contributed by atoms with Gasteiger partial charge in [-0.1, -0.05) is 22.5 Å². The number of rotatable bonds is 4. The molecule has 0 unspecified atom stereocenters. The molecular formula is C10H11BrN6O3S. The highest BCUT2D eigenvalue weighted by Crippen LogP contribution is 2.21. The van der Waals surface area contributed by atoms with Gasteiger partial charge in [-0.15, -0.1) is 5.10 Å². The Labute approximate surface area is 128 Å².